The first kappa shape index (κ1) is 17.3. The molecule has 0 unspecified atom stereocenters. The van der Waals surface area contributed by atoms with E-state index >= 15 is 0 Å². The van der Waals surface area contributed by atoms with E-state index in [-0.39, 0.29) is 23.7 Å². The van der Waals surface area contributed by atoms with E-state index in [2.05, 4.69) is 15.3 Å². The van der Waals surface area contributed by atoms with Gasteiger partial charge in [0.05, 0.1) is 7.11 Å². The van der Waals surface area contributed by atoms with Gasteiger partial charge in [-0.2, -0.15) is 18.4 Å². The van der Waals surface area contributed by atoms with Crippen molar-refractivity contribution >= 4 is 5.82 Å². The second kappa shape index (κ2) is 7.50. The lowest BCUT2D eigenvalue weighted by atomic mass is 10.2. The highest BCUT2D eigenvalue weighted by atomic mass is 19.4. The molecule has 9 heteroatoms. The minimum atomic E-state index is -4.43. The highest BCUT2D eigenvalue weighted by Gasteiger charge is 2.29. The van der Waals surface area contributed by atoms with E-state index in [9.17, 15) is 13.2 Å². The smallest absolute Gasteiger partial charge is 0.422 e. The van der Waals surface area contributed by atoms with Gasteiger partial charge in [0.25, 0.3) is 0 Å². The van der Waals surface area contributed by atoms with Crippen LogP contribution in [0.25, 0.3) is 0 Å². The van der Waals surface area contributed by atoms with E-state index in [0.29, 0.717) is 11.4 Å². The fraction of sp³-hybridized carbons (Fsp3) is 0.267. The number of nitrogens with zero attached hydrogens (tertiary/aromatic N) is 3. The molecule has 0 radical (unpaired) electrons. The molecule has 6 nitrogen and oxygen atoms in total. The number of nitriles is 1. The first-order chi connectivity index (χ1) is 11.4. The van der Waals surface area contributed by atoms with Crippen molar-refractivity contribution in [2.75, 3.05) is 19.0 Å². The lowest BCUT2D eigenvalue weighted by molar-refractivity contribution is -0.153. The Kier molecular flexibility index (Phi) is 5.42. The molecule has 0 aliphatic carbocycles. The summed E-state index contributed by atoms with van der Waals surface area (Å²) in [5.74, 6) is 0.491. The lowest BCUT2D eigenvalue weighted by Gasteiger charge is -2.14. The fourth-order valence-electron chi connectivity index (χ4n) is 1.84. The Morgan fingerprint density at radius 2 is 1.96 bits per heavy atom. The Morgan fingerprint density at radius 3 is 2.62 bits per heavy atom. The first-order valence-electron chi connectivity index (χ1n) is 6.74. The molecule has 0 amide bonds. The van der Waals surface area contributed by atoms with Gasteiger partial charge in [-0.05, 0) is 17.7 Å². The van der Waals surface area contributed by atoms with Crippen molar-refractivity contribution in [3.8, 4) is 17.6 Å². The topological polar surface area (TPSA) is 80.1 Å². The summed E-state index contributed by atoms with van der Waals surface area (Å²) in [6, 6.07) is 6.43. The van der Waals surface area contributed by atoms with Crippen LogP contribution >= 0.6 is 0 Å². The van der Waals surface area contributed by atoms with Crippen LogP contribution < -0.4 is 14.8 Å². The largest absolute Gasteiger partial charge is 0.493 e. The first-order valence-corrected chi connectivity index (χ1v) is 6.74. The van der Waals surface area contributed by atoms with Gasteiger partial charge in [-0.3, -0.25) is 0 Å². The molecule has 2 rings (SSSR count). The van der Waals surface area contributed by atoms with Crippen molar-refractivity contribution < 1.29 is 22.6 Å². The third-order valence-corrected chi connectivity index (χ3v) is 2.88. The minimum absolute atomic E-state index is 0.00390. The molecule has 0 saturated carbocycles. The number of halogens is 3. The summed E-state index contributed by atoms with van der Waals surface area (Å²) < 4.78 is 46.4. The maximum atomic E-state index is 12.2. The highest BCUT2D eigenvalue weighted by molar-refractivity contribution is 5.48. The normalized spacial score (nSPS) is 10.8. The molecule has 0 fully saturated rings. The molecule has 0 saturated heterocycles. The average Bonchev–Trinajstić information content (AvgIpc) is 2.57. The number of aromatic nitrogens is 2. The number of alkyl halides is 3. The molecule has 1 N–H and O–H groups in total. The maximum absolute atomic E-state index is 12.2. The molecule has 1 heterocycles. The third kappa shape index (κ3) is 4.74. The summed E-state index contributed by atoms with van der Waals surface area (Å²) in [5.41, 5.74) is 0.857. The molecule has 24 heavy (non-hydrogen) atoms. The van der Waals surface area contributed by atoms with Gasteiger partial charge >= 0.3 is 6.18 Å². The number of rotatable bonds is 6. The SMILES string of the molecule is COc1cc(CNc2nccnc2C#N)ccc1OCC(F)(F)F. The molecular weight excluding hydrogens is 325 g/mol. The fourth-order valence-corrected chi connectivity index (χ4v) is 1.84. The molecule has 2 aromatic rings. The van der Waals surface area contributed by atoms with Gasteiger partial charge in [0.15, 0.2) is 29.6 Å². The third-order valence-electron chi connectivity index (χ3n) is 2.88. The molecule has 0 atom stereocenters. The van der Waals surface area contributed by atoms with Crippen LogP contribution in [0.1, 0.15) is 11.3 Å². The van der Waals surface area contributed by atoms with Gasteiger partial charge in [0, 0.05) is 18.9 Å². The zero-order chi connectivity index (χ0) is 17.6. The van der Waals surface area contributed by atoms with Crippen molar-refractivity contribution in [2.24, 2.45) is 0 Å². The Hall–Kier alpha value is -3.02. The van der Waals surface area contributed by atoms with Gasteiger partial charge < -0.3 is 14.8 Å². The molecule has 1 aromatic carbocycles. The second-order valence-electron chi connectivity index (χ2n) is 4.61. The highest BCUT2D eigenvalue weighted by Crippen LogP contribution is 2.30. The molecule has 0 aliphatic heterocycles. The van der Waals surface area contributed by atoms with Crippen molar-refractivity contribution in [1.82, 2.24) is 9.97 Å². The zero-order valence-corrected chi connectivity index (χ0v) is 12.6. The summed E-state index contributed by atoms with van der Waals surface area (Å²) >= 11 is 0. The van der Waals surface area contributed by atoms with Crippen LogP contribution in [0.5, 0.6) is 11.5 Å². The molecule has 1 aromatic heterocycles. The van der Waals surface area contributed by atoms with Gasteiger partial charge in [0.1, 0.15) is 6.07 Å². The summed E-state index contributed by atoms with van der Waals surface area (Å²) in [5, 5.41) is 11.9. The van der Waals surface area contributed by atoms with E-state index in [1.54, 1.807) is 12.1 Å². The van der Waals surface area contributed by atoms with Gasteiger partial charge in [-0.15, -0.1) is 0 Å². The Balaban J connectivity index is 2.08. The van der Waals surface area contributed by atoms with E-state index < -0.39 is 12.8 Å². The second-order valence-corrected chi connectivity index (χ2v) is 4.61. The van der Waals surface area contributed by atoms with Crippen LogP contribution in [0.3, 0.4) is 0 Å². The van der Waals surface area contributed by atoms with Crippen molar-refractivity contribution in [2.45, 2.75) is 12.7 Å². The Bertz CT molecular complexity index is 744. The predicted octanol–water partition coefficient (Wildman–Crippen LogP) is 2.91. The van der Waals surface area contributed by atoms with E-state index in [1.165, 1.54) is 25.6 Å². The number of benzene rings is 1. The molecule has 126 valence electrons. The standard InChI is InChI=1S/C15H13F3N4O2/c1-23-13-6-10(2-3-12(13)24-9-15(16,17)18)8-22-14-11(7-19)20-4-5-21-14/h2-6H,8-9H2,1H3,(H,21,22). The molecule has 0 bridgehead atoms. The van der Waals surface area contributed by atoms with Gasteiger partial charge in [-0.1, -0.05) is 6.07 Å². The van der Waals surface area contributed by atoms with E-state index in [0.717, 1.165) is 0 Å². The summed E-state index contributed by atoms with van der Waals surface area (Å²) in [6.45, 7) is -1.12. The van der Waals surface area contributed by atoms with Crippen molar-refractivity contribution in [3.05, 3.63) is 41.9 Å². The number of hydrogen-bond donors (Lipinski definition) is 1. The number of methoxy groups -OCH3 is 1. The van der Waals surface area contributed by atoms with Gasteiger partial charge in [-0.25, -0.2) is 9.97 Å². The van der Waals surface area contributed by atoms with Crippen LogP contribution in [-0.2, 0) is 6.54 Å². The van der Waals surface area contributed by atoms with Crippen LogP contribution in [0.15, 0.2) is 30.6 Å². The van der Waals surface area contributed by atoms with Crippen molar-refractivity contribution in [3.63, 3.8) is 0 Å². The minimum Gasteiger partial charge on any atom is -0.493 e. The monoisotopic (exact) mass is 338 g/mol. The van der Waals surface area contributed by atoms with Crippen LogP contribution in [0, 0.1) is 11.3 Å². The number of hydrogen-bond acceptors (Lipinski definition) is 6. The van der Waals surface area contributed by atoms with Crippen LogP contribution in [-0.4, -0.2) is 29.9 Å². The van der Waals surface area contributed by atoms with Crippen LogP contribution in [0.4, 0.5) is 19.0 Å². The van der Waals surface area contributed by atoms with E-state index in [1.807, 2.05) is 6.07 Å². The Labute approximate surface area is 135 Å². The predicted molar refractivity (Wildman–Crippen MR) is 78.6 cm³/mol. The summed E-state index contributed by atoms with van der Waals surface area (Å²) in [7, 11) is 1.34. The van der Waals surface area contributed by atoms with E-state index in [4.69, 9.17) is 14.7 Å². The summed E-state index contributed by atoms with van der Waals surface area (Å²) in [4.78, 5) is 7.87. The number of nitrogens with one attached hydrogen (secondary N) is 1. The lowest BCUT2D eigenvalue weighted by Crippen LogP contribution is -2.19. The maximum Gasteiger partial charge on any atom is 0.422 e. The number of ether oxygens (including phenoxy) is 2. The van der Waals surface area contributed by atoms with Gasteiger partial charge in [0.2, 0.25) is 0 Å². The molecule has 0 spiro atoms. The van der Waals surface area contributed by atoms with Crippen LogP contribution in [0.2, 0.25) is 0 Å². The average molecular weight is 338 g/mol. The quantitative estimate of drug-likeness (QED) is 0.872. The number of anilines is 1. The molecule has 0 aliphatic rings. The zero-order valence-electron chi connectivity index (χ0n) is 12.6. The van der Waals surface area contributed by atoms with Crippen molar-refractivity contribution in [1.29, 1.82) is 5.26 Å². The summed E-state index contributed by atoms with van der Waals surface area (Å²) in [6.07, 6.45) is -1.58. The molecular formula is C15H13F3N4O2. The Morgan fingerprint density at radius 1 is 1.21 bits per heavy atom.